The van der Waals surface area contributed by atoms with Crippen molar-refractivity contribution in [3.05, 3.63) is 54.1 Å². The van der Waals surface area contributed by atoms with E-state index in [9.17, 15) is 9.90 Å². The number of hydrogen-bond acceptors (Lipinski definition) is 4. The van der Waals surface area contributed by atoms with Crippen molar-refractivity contribution in [3.8, 4) is 0 Å². The molecule has 1 aliphatic rings. The summed E-state index contributed by atoms with van der Waals surface area (Å²) in [6.07, 6.45) is 3.35. The molecule has 2 heterocycles. The van der Waals surface area contributed by atoms with E-state index in [1.54, 1.807) is 12.5 Å². The predicted octanol–water partition coefficient (Wildman–Crippen LogP) is 1.49. The molecule has 1 aromatic heterocycles. The Morgan fingerprint density at radius 1 is 1.43 bits per heavy atom. The summed E-state index contributed by atoms with van der Waals surface area (Å²) in [6, 6.07) is 9.26. The van der Waals surface area contributed by atoms with Crippen LogP contribution in [-0.2, 0) is 23.0 Å². The van der Waals surface area contributed by atoms with Gasteiger partial charge in [-0.25, -0.2) is 4.98 Å². The lowest BCUT2D eigenvalue weighted by Gasteiger charge is -2.21. The maximum Gasteiger partial charge on any atom is 0.312 e. The van der Waals surface area contributed by atoms with Crippen molar-refractivity contribution in [1.82, 2.24) is 9.55 Å². The van der Waals surface area contributed by atoms with Crippen LogP contribution in [0.1, 0.15) is 17.4 Å². The van der Waals surface area contributed by atoms with E-state index in [0.717, 1.165) is 11.3 Å². The van der Waals surface area contributed by atoms with Crippen molar-refractivity contribution < 1.29 is 14.6 Å². The highest BCUT2D eigenvalue weighted by Gasteiger charge is 2.42. The van der Waals surface area contributed by atoms with E-state index in [1.165, 1.54) is 0 Å². The van der Waals surface area contributed by atoms with Gasteiger partial charge in [0.15, 0.2) is 0 Å². The first-order chi connectivity index (χ1) is 10.2. The molecule has 1 N–H and O–H groups in total. The molecule has 1 fully saturated rings. The third kappa shape index (κ3) is 2.69. The van der Waals surface area contributed by atoms with Gasteiger partial charge in [0.05, 0.1) is 25.0 Å². The second kappa shape index (κ2) is 5.69. The monoisotopic (exact) mass is 286 g/mol. The SMILES string of the molecule is Cn1cncc1C[C@H]1COC(=O)[C@H]1[C@@H](O)c1ccccc1. The number of nitrogens with zero attached hydrogens (tertiary/aromatic N) is 2. The molecule has 5 nitrogen and oxygen atoms in total. The molecule has 0 aliphatic carbocycles. The number of rotatable bonds is 4. The molecular formula is C16H18N2O3. The number of carbonyl (C=O) groups excluding carboxylic acids is 1. The Bertz CT molecular complexity index is 623. The summed E-state index contributed by atoms with van der Waals surface area (Å²) >= 11 is 0. The van der Waals surface area contributed by atoms with Gasteiger partial charge in [-0.1, -0.05) is 30.3 Å². The van der Waals surface area contributed by atoms with Crippen LogP contribution in [0.25, 0.3) is 0 Å². The Kier molecular flexibility index (Phi) is 3.75. The number of hydrogen-bond donors (Lipinski definition) is 1. The van der Waals surface area contributed by atoms with Gasteiger partial charge in [0.25, 0.3) is 0 Å². The van der Waals surface area contributed by atoms with Crippen molar-refractivity contribution in [2.24, 2.45) is 18.9 Å². The Balaban J connectivity index is 1.81. The van der Waals surface area contributed by atoms with Crippen LogP contribution >= 0.6 is 0 Å². The van der Waals surface area contributed by atoms with Crippen molar-refractivity contribution in [3.63, 3.8) is 0 Å². The summed E-state index contributed by atoms with van der Waals surface area (Å²) in [4.78, 5) is 16.1. The van der Waals surface area contributed by atoms with Gasteiger partial charge in [-0.2, -0.15) is 0 Å². The summed E-state index contributed by atoms with van der Waals surface area (Å²) in [5.74, 6) is -0.885. The second-order valence-electron chi connectivity index (χ2n) is 5.47. The zero-order valence-corrected chi connectivity index (χ0v) is 11.8. The smallest absolute Gasteiger partial charge is 0.312 e. The number of ether oxygens (including phenoxy) is 1. The first-order valence-electron chi connectivity index (χ1n) is 7.01. The van der Waals surface area contributed by atoms with Crippen molar-refractivity contribution >= 4 is 5.97 Å². The molecule has 0 amide bonds. The van der Waals surface area contributed by atoms with Gasteiger partial charge in [0.2, 0.25) is 0 Å². The molecule has 5 heteroatoms. The fourth-order valence-electron chi connectivity index (χ4n) is 2.86. The normalized spacial score (nSPS) is 23.0. The zero-order valence-electron chi connectivity index (χ0n) is 11.8. The maximum absolute atomic E-state index is 12.0. The fraction of sp³-hybridized carbons (Fsp3) is 0.375. The fourth-order valence-corrected chi connectivity index (χ4v) is 2.86. The van der Waals surface area contributed by atoms with E-state index in [-0.39, 0.29) is 11.9 Å². The van der Waals surface area contributed by atoms with E-state index in [4.69, 9.17) is 4.74 Å². The molecule has 0 saturated carbocycles. The summed E-state index contributed by atoms with van der Waals surface area (Å²) in [5, 5.41) is 10.5. The highest BCUT2D eigenvalue weighted by Crippen LogP contribution is 2.35. The van der Waals surface area contributed by atoms with Gasteiger partial charge in [0, 0.05) is 24.9 Å². The van der Waals surface area contributed by atoms with Crippen molar-refractivity contribution in [1.29, 1.82) is 0 Å². The number of cyclic esters (lactones) is 1. The van der Waals surface area contributed by atoms with Crippen LogP contribution in [0.5, 0.6) is 0 Å². The molecule has 3 rings (SSSR count). The number of aromatic nitrogens is 2. The predicted molar refractivity (Wildman–Crippen MR) is 76.3 cm³/mol. The Morgan fingerprint density at radius 3 is 2.86 bits per heavy atom. The zero-order chi connectivity index (χ0) is 14.8. The number of aliphatic hydroxyl groups is 1. The van der Waals surface area contributed by atoms with Crippen molar-refractivity contribution in [2.75, 3.05) is 6.61 Å². The lowest BCUT2D eigenvalue weighted by molar-refractivity contribution is -0.144. The van der Waals surface area contributed by atoms with E-state index >= 15 is 0 Å². The largest absolute Gasteiger partial charge is 0.465 e. The molecule has 0 bridgehead atoms. The third-order valence-electron chi connectivity index (χ3n) is 4.09. The maximum atomic E-state index is 12.0. The van der Waals surface area contributed by atoms with Crippen LogP contribution in [-0.4, -0.2) is 27.2 Å². The van der Waals surface area contributed by atoms with Crippen LogP contribution in [0.3, 0.4) is 0 Å². The van der Waals surface area contributed by atoms with Crippen LogP contribution < -0.4 is 0 Å². The third-order valence-corrected chi connectivity index (χ3v) is 4.09. The van der Waals surface area contributed by atoms with Gasteiger partial charge in [0.1, 0.15) is 0 Å². The average Bonchev–Trinajstić information content (AvgIpc) is 3.06. The quantitative estimate of drug-likeness (QED) is 0.865. The van der Waals surface area contributed by atoms with Gasteiger partial charge in [-0.3, -0.25) is 4.79 Å². The van der Waals surface area contributed by atoms with Crippen LogP contribution in [0.2, 0.25) is 0 Å². The van der Waals surface area contributed by atoms with Crippen LogP contribution in [0.4, 0.5) is 0 Å². The molecular weight excluding hydrogens is 268 g/mol. The topological polar surface area (TPSA) is 64.4 Å². The van der Waals surface area contributed by atoms with Gasteiger partial charge in [-0.15, -0.1) is 0 Å². The molecule has 1 aliphatic heterocycles. The number of esters is 1. The Hall–Kier alpha value is -2.14. The number of aliphatic hydroxyl groups excluding tert-OH is 1. The molecule has 21 heavy (non-hydrogen) atoms. The van der Waals surface area contributed by atoms with E-state index in [1.807, 2.05) is 41.9 Å². The van der Waals surface area contributed by atoms with Crippen LogP contribution in [0.15, 0.2) is 42.9 Å². The van der Waals surface area contributed by atoms with E-state index in [2.05, 4.69) is 4.98 Å². The standard InChI is InChI=1S/C16H18N2O3/c1-18-10-17-8-13(18)7-12-9-21-16(20)14(12)15(19)11-5-3-2-4-6-11/h2-6,8,10,12,14-15,19H,7,9H2,1H3/t12-,14+,15-/m0/s1. The summed E-state index contributed by atoms with van der Waals surface area (Å²) in [5.41, 5.74) is 1.78. The molecule has 3 atom stereocenters. The lowest BCUT2D eigenvalue weighted by Crippen LogP contribution is -2.26. The summed E-state index contributed by atoms with van der Waals surface area (Å²) in [6.45, 7) is 0.346. The van der Waals surface area contributed by atoms with Gasteiger partial charge >= 0.3 is 5.97 Å². The average molecular weight is 286 g/mol. The first kappa shape index (κ1) is 13.8. The molecule has 1 saturated heterocycles. The van der Waals surface area contributed by atoms with E-state index < -0.39 is 12.0 Å². The molecule has 2 aromatic rings. The highest BCUT2D eigenvalue weighted by molar-refractivity contribution is 5.75. The van der Waals surface area contributed by atoms with Gasteiger partial charge < -0.3 is 14.4 Å². The number of imidazole rings is 1. The molecule has 0 unspecified atom stereocenters. The molecule has 1 aromatic carbocycles. The summed E-state index contributed by atoms with van der Waals surface area (Å²) < 4.78 is 7.11. The van der Waals surface area contributed by atoms with Crippen LogP contribution in [0, 0.1) is 11.8 Å². The first-order valence-corrected chi connectivity index (χ1v) is 7.01. The number of aryl methyl sites for hydroxylation is 1. The Labute approximate surface area is 123 Å². The minimum Gasteiger partial charge on any atom is -0.465 e. The number of carbonyl (C=O) groups is 1. The summed E-state index contributed by atoms with van der Waals surface area (Å²) in [7, 11) is 1.92. The lowest BCUT2D eigenvalue weighted by atomic mass is 9.84. The Morgan fingerprint density at radius 2 is 2.19 bits per heavy atom. The number of benzene rings is 1. The molecule has 110 valence electrons. The minimum absolute atomic E-state index is 0.0388. The van der Waals surface area contributed by atoms with Crippen molar-refractivity contribution in [2.45, 2.75) is 12.5 Å². The molecule has 0 radical (unpaired) electrons. The molecule has 0 spiro atoms. The van der Waals surface area contributed by atoms with Gasteiger partial charge in [-0.05, 0) is 12.0 Å². The van der Waals surface area contributed by atoms with E-state index in [0.29, 0.717) is 13.0 Å². The highest BCUT2D eigenvalue weighted by atomic mass is 16.5. The minimum atomic E-state index is -0.834. The second-order valence-corrected chi connectivity index (χ2v) is 5.47.